The number of aromatic hydroxyl groups is 1. The van der Waals surface area contributed by atoms with E-state index in [-0.39, 0.29) is 12.3 Å². The van der Waals surface area contributed by atoms with E-state index >= 15 is 0 Å². The number of aliphatic hydroxyl groups excluding tert-OH is 1. The molecule has 0 spiro atoms. The fourth-order valence-corrected chi connectivity index (χ4v) is 1.49. The van der Waals surface area contributed by atoms with Crippen molar-refractivity contribution in [3.05, 3.63) is 28.2 Å². The van der Waals surface area contributed by atoms with Crippen LogP contribution in [0.3, 0.4) is 0 Å². The zero-order valence-corrected chi connectivity index (χ0v) is 8.66. The Hall–Kier alpha value is -0.580. The minimum Gasteiger partial charge on any atom is -0.507 e. The van der Waals surface area contributed by atoms with Crippen molar-refractivity contribution >= 4 is 15.9 Å². The summed E-state index contributed by atoms with van der Waals surface area (Å²) < 4.78 is 0.627. The fraction of sp³-hybridized carbons (Fsp3) is 0.333. The zero-order chi connectivity index (χ0) is 9.84. The SMILES string of the molecule is NCC(O)Cc1cccc(O)c1Br. The van der Waals surface area contributed by atoms with E-state index in [1.54, 1.807) is 12.1 Å². The molecule has 1 aromatic carbocycles. The van der Waals surface area contributed by atoms with E-state index in [2.05, 4.69) is 15.9 Å². The molecule has 0 aliphatic rings. The summed E-state index contributed by atoms with van der Waals surface area (Å²) in [7, 11) is 0. The molecule has 0 saturated carbocycles. The molecule has 1 atom stereocenters. The Morgan fingerprint density at radius 3 is 2.77 bits per heavy atom. The highest BCUT2D eigenvalue weighted by Crippen LogP contribution is 2.27. The molecule has 0 radical (unpaired) electrons. The molecule has 0 aliphatic carbocycles. The molecule has 0 fully saturated rings. The number of rotatable bonds is 3. The minimum absolute atomic E-state index is 0.182. The summed E-state index contributed by atoms with van der Waals surface area (Å²) in [6.07, 6.45) is -0.107. The molecule has 0 heterocycles. The maximum atomic E-state index is 9.33. The molecule has 13 heavy (non-hydrogen) atoms. The van der Waals surface area contributed by atoms with Gasteiger partial charge in [-0.15, -0.1) is 0 Å². The van der Waals surface area contributed by atoms with Crippen LogP contribution >= 0.6 is 15.9 Å². The Morgan fingerprint density at radius 2 is 2.15 bits per heavy atom. The highest BCUT2D eigenvalue weighted by molar-refractivity contribution is 9.10. The van der Waals surface area contributed by atoms with Gasteiger partial charge in [-0.05, 0) is 27.6 Å². The van der Waals surface area contributed by atoms with Crippen molar-refractivity contribution in [3.63, 3.8) is 0 Å². The van der Waals surface area contributed by atoms with E-state index in [0.717, 1.165) is 5.56 Å². The second-order valence-electron chi connectivity index (χ2n) is 2.84. The number of phenols is 1. The number of benzene rings is 1. The van der Waals surface area contributed by atoms with E-state index in [9.17, 15) is 10.2 Å². The van der Waals surface area contributed by atoms with Gasteiger partial charge in [-0.1, -0.05) is 12.1 Å². The van der Waals surface area contributed by atoms with Crippen LogP contribution in [0.5, 0.6) is 5.75 Å². The fourth-order valence-electron chi connectivity index (χ4n) is 1.06. The van der Waals surface area contributed by atoms with Crippen molar-refractivity contribution in [1.29, 1.82) is 0 Å². The summed E-state index contributed by atoms with van der Waals surface area (Å²) in [5.74, 6) is 0.182. The third kappa shape index (κ3) is 2.69. The highest BCUT2D eigenvalue weighted by Gasteiger charge is 2.08. The van der Waals surface area contributed by atoms with Crippen LogP contribution in [0.4, 0.5) is 0 Å². The number of phenolic OH excluding ortho intramolecular Hbond substituents is 1. The maximum Gasteiger partial charge on any atom is 0.130 e. The lowest BCUT2D eigenvalue weighted by Gasteiger charge is -2.09. The summed E-state index contributed by atoms with van der Waals surface area (Å²) in [5, 5.41) is 18.6. The van der Waals surface area contributed by atoms with Crippen LogP contribution in [-0.4, -0.2) is 22.9 Å². The molecule has 0 saturated heterocycles. The number of halogens is 1. The summed E-state index contributed by atoms with van der Waals surface area (Å²) >= 11 is 3.24. The Balaban J connectivity index is 2.83. The molecule has 1 unspecified atom stereocenters. The van der Waals surface area contributed by atoms with Gasteiger partial charge < -0.3 is 15.9 Å². The second kappa shape index (κ2) is 4.60. The Morgan fingerprint density at radius 1 is 1.46 bits per heavy atom. The van der Waals surface area contributed by atoms with Crippen molar-refractivity contribution in [2.75, 3.05) is 6.54 Å². The lowest BCUT2D eigenvalue weighted by atomic mass is 10.1. The average Bonchev–Trinajstić information content (AvgIpc) is 2.13. The van der Waals surface area contributed by atoms with Gasteiger partial charge in [0, 0.05) is 13.0 Å². The molecule has 4 N–H and O–H groups in total. The normalized spacial score (nSPS) is 12.8. The first-order valence-corrected chi connectivity index (χ1v) is 4.79. The van der Waals surface area contributed by atoms with Crippen LogP contribution in [0.25, 0.3) is 0 Å². The molecule has 0 aromatic heterocycles. The summed E-state index contributed by atoms with van der Waals surface area (Å²) in [4.78, 5) is 0. The monoisotopic (exact) mass is 245 g/mol. The van der Waals surface area contributed by atoms with Gasteiger partial charge in [0.15, 0.2) is 0 Å². The third-order valence-corrected chi connectivity index (χ3v) is 2.70. The van der Waals surface area contributed by atoms with Gasteiger partial charge in [-0.2, -0.15) is 0 Å². The number of aliphatic hydroxyl groups is 1. The Bertz CT molecular complexity index is 291. The highest BCUT2D eigenvalue weighted by atomic mass is 79.9. The van der Waals surface area contributed by atoms with E-state index < -0.39 is 6.10 Å². The van der Waals surface area contributed by atoms with Crippen LogP contribution < -0.4 is 5.73 Å². The van der Waals surface area contributed by atoms with Gasteiger partial charge in [-0.3, -0.25) is 0 Å². The molecule has 0 aliphatic heterocycles. The van der Waals surface area contributed by atoms with Gasteiger partial charge >= 0.3 is 0 Å². The Kier molecular flexibility index (Phi) is 3.71. The van der Waals surface area contributed by atoms with Crippen molar-refractivity contribution in [3.8, 4) is 5.75 Å². The minimum atomic E-state index is -0.557. The smallest absolute Gasteiger partial charge is 0.130 e. The second-order valence-corrected chi connectivity index (χ2v) is 3.64. The zero-order valence-electron chi connectivity index (χ0n) is 7.07. The summed E-state index contributed by atoms with van der Waals surface area (Å²) in [5.41, 5.74) is 6.14. The van der Waals surface area contributed by atoms with Gasteiger partial charge in [-0.25, -0.2) is 0 Å². The van der Waals surface area contributed by atoms with Crippen LogP contribution in [0.15, 0.2) is 22.7 Å². The van der Waals surface area contributed by atoms with Crippen molar-refractivity contribution in [2.24, 2.45) is 5.73 Å². The number of hydrogen-bond donors (Lipinski definition) is 3. The first-order chi connectivity index (χ1) is 6.15. The summed E-state index contributed by atoms with van der Waals surface area (Å²) in [6, 6.07) is 5.16. The van der Waals surface area contributed by atoms with Crippen molar-refractivity contribution < 1.29 is 10.2 Å². The number of nitrogens with two attached hydrogens (primary N) is 1. The molecule has 0 bridgehead atoms. The van der Waals surface area contributed by atoms with Gasteiger partial charge in [0.05, 0.1) is 10.6 Å². The first kappa shape index (κ1) is 10.5. The Labute approximate surface area is 85.3 Å². The average molecular weight is 246 g/mol. The van der Waals surface area contributed by atoms with E-state index in [0.29, 0.717) is 10.9 Å². The third-order valence-electron chi connectivity index (χ3n) is 1.79. The predicted octanol–water partition coefficient (Wildman–Crippen LogP) is 1.02. The predicted molar refractivity (Wildman–Crippen MR) is 54.6 cm³/mol. The molecular weight excluding hydrogens is 234 g/mol. The maximum absolute atomic E-state index is 9.33. The molecule has 1 rings (SSSR count). The number of hydrogen-bond acceptors (Lipinski definition) is 3. The van der Waals surface area contributed by atoms with Gasteiger partial charge in [0.25, 0.3) is 0 Å². The van der Waals surface area contributed by atoms with E-state index in [4.69, 9.17) is 5.73 Å². The molecule has 3 nitrogen and oxygen atoms in total. The molecule has 72 valence electrons. The van der Waals surface area contributed by atoms with Crippen LogP contribution in [0.1, 0.15) is 5.56 Å². The van der Waals surface area contributed by atoms with E-state index in [1.165, 1.54) is 0 Å². The van der Waals surface area contributed by atoms with Gasteiger partial charge in [0.2, 0.25) is 0 Å². The molecule has 1 aromatic rings. The molecule has 4 heteroatoms. The van der Waals surface area contributed by atoms with Gasteiger partial charge in [0.1, 0.15) is 5.75 Å². The lowest BCUT2D eigenvalue weighted by molar-refractivity contribution is 0.183. The largest absolute Gasteiger partial charge is 0.507 e. The van der Waals surface area contributed by atoms with Crippen LogP contribution in [-0.2, 0) is 6.42 Å². The van der Waals surface area contributed by atoms with Crippen LogP contribution in [0.2, 0.25) is 0 Å². The van der Waals surface area contributed by atoms with Crippen molar-refractivity contribution in [1.82, 2.24) is 0 Å². The summed E-state index contributed by atoms with van der Waals surface area (Å²) in [6.45, 7) is 0.224. The molecule has 0 amide bonds. The van der Waals surface area contributed by atoms with Crippen molar-refractivity contribution in [2.45, 2.75) is 12.5 Å². The lowest BCUT2D eigenvalue weighted by Crippen LogP contribution is -2.22. The quantitative estimate of drug-likeness (QED) is 0.745. The van der Waals surface area contributed by atoms with E-state index in [1.807, 2.05) is 6.07 Å². The molecular formula is C9H12BrNO2. The van der Waals surface area contributed by atoms with Crippen LogP contribution in [0, 0.1) is 0 Å². The first-order valence-electron chi connectivity index (χ1n) is 3.99. The standard InChI is InChI=1S/C9H12BrNO2/c10-9-6(4-7(12)5-11)2-1-3-8(9)13/h1-3,7,12-13H,4-5,11H2. The topological polar surface area (TPSA) is 66.5 Å².